The molecule has 0 radical (unpaired) electrons. The smallest absolute Gasteiger partial charge is 0.0629 e. The van der Waals surface area contributed by atoms with Gasteiger partial charge in [-0.25, -0.2) is 0 Å². The third-order valence-electron chi connectivity index (χ3n) is 1.19. The van der Waals surface area contributed by atoms with E-state index in [2.05, 4.69) is 22.5 Å². The average molecular weight is 210 g/mol. The molecule has 0 bridgehead atoms. The van der Waals surface area contributed by atoms with Gasteiger partial charge >= 0.3 is 0 Å². The second kappa shape index (κ2) is 4.14. The number of rotatable bonds is 2. The molecule has 0 N–H and O–H groups in total. The molecule has 0 aliphatic carbocycles. The molecule has 0 heterocycles. The zero-order valence-electron chi connectivity index (χ0n) is 7.05. The molecule has 0 aliphatic heterocycles. The summed E-state index contributed by atoms with van der Waals surface area (Å²) < 4.78 is 8.57. The summed E-state index contributed by atoms with van der Waals surface area (Å²) in [5, 5.41) is 0. The van der Waals surface area contributed by atoms with Crippen LogP contribution >= 0.6 is 15.9 Å². The van der Waals surface area contributed by atoms with Crippen LogP contribution in [0.2, 0.25) is 0 Å². The van der Waals surface area contributed by atoms with Crippen LogP contribution in [0.1, 0.15) is 6.93 Å². The van der Waals surface area contributed by atoms with Crippen LogP contribution in [0.4, 0.5) is 0 Å². The van der Waals surface area contributed by atoms with E-state index in [1.54, 1.807) is 12.2 Å². The van der Waals surface area contributed by atoms with Gasteiger partial charge in [-0.3, -0.25) is 0 Å². The maximum absolute atomic E-state index is 7.58. The predicted octanol–water partition coefficient (Wildman–Crippen LogP) is 3.65. The summed E-state index contributed by atoms with van der Waals surface area (Å²) in [6.07, 6.45) is 3.28. The Bertz CT molecular complexity index is 315. The minimum absolute atomic E-state index is 0.478. The van der Waals surface area contributed by atoms with Crippen LogP contribution in [-0.2, 0) is 0 Å². The van der Waals surface area contributed by atoms with Gasteiger partial charge in [0.2, 0.25) is 0 Å². The van der Waals surface area contributed by atoms with Gasteiger partial charge in [0.25, 0.3) is 0 Å². The predicted molar refractivity (Wildman–Crippen MR) is 53.4 cm³/mol. The van der Waals surface area contributed by atoms with E-state index in [1.807, 2.05) is 24.3 Å². The van der Waals surface area contributed by atoms with Gasteiger partial charge in [-0.05, 0) is 17.7 Å². The van der Waals surface area contributed by atoms with Crippen molar-refractivity contribution in [3.05, 3.63) is 53.0 Å². The zero-order valence-corrected chi connectivity index (χ0v) is 7.64. The first-order valence-corrected chi connectivity index (χ1v) is 4.08. The van der Waals surface area contributed by atoms with Crippen molar-refractivity contribution in [2.45, 2.75) is 0 Å². The zero-order chi connectivity index (χ0) is 8.97. The summed E-state index contributed by atoms with van der Waals surface area (Å²) in [4.78, 5) is 0. The monoisotopic (exact) mass is 209 g/mol. The molecule has 11 heavy (non-hydrogen) atoms. The van der Waals surface area contributed by atoms with Crippen molar-refractivity contribution in [2.75, 3.05) is 0 Å². The first kappa shape index (κ1) is 6.86. The lowest BCUT2D eigenvalue weighted by molar-refractivity contribution is 1.61. The Kier molecular flexibility index (Phi) is 2.58. The highest BCUT2D eigenvalue weighted by Gasteiger charge is 1.86. The second-order valence-corrected chi connectivity index (χ2v) is 2.97. The van der Waals surface area contributed by atoms with Gasteiger partial charge in [0, 0.05) is 4.47 Å². The molecule has 0 aromatic heterocycles. The van der Waals surface area contributed by atoms with E-state index in [0.29, 0.717) is 6.05 Å². The Labute approximate surface area is 76.8 Å². The van der Waals surface area contributed by atoms with Crippen LogP contribution in [-0.4, -0.2) is 0 Å². The fraction of sp³-hybridized carbons (Fsp3) is 0. The van der Waals surface area contributed by atoms with E-state index >= 15 is 0 Å². The Morgan fingerprint density at radius 2 is 2.36 bits per heavy atom. The van der Waals surface area contributed by atoms with E-state index < -0.39 is 0 Å². The van der Waals surface area contributed by atoms with Gasteiger partial charge in [0.1, 0.15) is 0 Å². The summed E-state index contributed by atoms with van der Waals surface area (Å²) in [6, 6.07) is 8.12. The minimum Gasteiger partial charge on any atom is -0.0991 e. The maximum atomic E-state index is 7.58. The molecular weight excluding hydrogens is 200 g/mol. The highest BCUT2D eigenvalue weighted by Crippen LogP contribution is 2.12. The third kappa shape index (κ3) is 2.72. The molecule has 56 valence electrons. The molecule has 0 nitrogen and oxygen atoms in total. The fourth-order valence-electron chi connectivity index (χ4n) is 0.733. The lowest BCUT2D eigenvalue weighted by Gasteiger charge is -1.92. The first-order valence-electron chi connectivity index (χ1n) is 3.79. The van der Waals surface area contributed by atoms with Crippen LogP contribution in [0.25, 0.3) is 6.05 Å². The number of allylic oxidation sites excluding steroid dienone is 2. The second-order valence-electron chi connectivity index (χ2n) is 2.06. The van der Waals surface area contributed by atoms with Crippen molar-refractivity contribution in [3.63, 3.8) is 0 Å². The molecule has 0 saturated heterocycles. The van der Waals surface area contributed by atoms with Crippen LogP contribution < -0.4 is 0 Å². The Hall–Kier alpha value is -0.820. The van der Waals surface area contributed by atoms with Crippen LogP contribution in [0.3, 0.4) is 0 Å². The molecule has 0 spiro atoms. The van der Waals surface area contributed by atoms with Crippen molar-refractivity contribution < 1.29 is 1.37 Å². The van der Waals surface area contributed by atoms with Gasteiger partial charge in [0.15, 0.2) is 0 Å². The molecule has 0 aliphatic rings. The van der Waals surface area contributed by atoms with Crippen molar-refractivity contribution in [1.82, 2.24) is 0 Å². The fourth-order valence-corrected chi connectivity index (χ4v) is 1.13. The van der Waals surface area contributed by atoms with E-state index in [0.717, 1.165) is 10.0 Å². The molecule has 0 fully saturated rings. The van der Waals surface area contributed by atoms with Crippen LogP contribution in [0.15, 0.2) is 47.5 Å². The van der Waals surface area contributed by atoms with E-state index in [9.17, 15) is 0 Å². The number of benzene rings is 1. The summed E-state index contributed by atoms with van der Waals surface area (Å²) >= 11 is 3.35. The molecule has 0 saturated carbocycles. The topological polar surface area (TPSA) is 0 Å². The van der Waals surface area contributed by atoms with Gasteiger partial charge in [-0.2, -0.15) is 0 Å². The molecule has 0 amide bonds. The van der Waals surface area contributed by atoms with Gasteiger partial charge in [-0.1, -0.05) is 52.8 Å². The largest absolute Gasteiger partial charge is 0.0991 e. The quantitative estimate of drug-likeness (QED) is 0.653. The molecule has 1 heteroatoms. The summed E-state index contributed by atoms with van der Waals surface area (Å²) in [5.74, 6) is 0. The third-order valence-corrected chi connectivity index (χ3v) is 1.69. The van der Waals surface area contributed by atoms with Gasteiger partial charge in [0.05, 0.1) is 1.37 Å². The Morgan fingerprint density at radius 1 is 1.55 bits per heavy atom. The van der Waals surface area contributed by atoms with Gasteiger partial charge in [-0.15, -0.1) is 0 Å². The first-order chi connectivity index (χ1) is 5.74. The lowest BCUT2D eigenvalue weighted by atomic mass is 10.2. The Morgan fingerprint density at radius 3 is 3.00 bits per heavy atom. The number of hydrogen-bond donors (Lipinski definition) is 0. The Balaban J connectivity index is 3.03. The molecule has 1 rings (SSSR count). The van der Waals surface area contributed by atoms with E-state index in [-0.39, 0.29) is 0 Å². The highest BCUT2D eigenvalue weighted by atomic mass is 79.9. The number of halogens is 1. The molecule has 1 aromatic rings. The highest BCUT2D eigenvalue weighted by molar-refractivity contribution is 9.10. The van der Waals surface area contributed by atoms with Crippen LogP contribution in [0.5, 0.6) is 0 Å². The van der Waals surface area contributed by atoms with E-state index in [1.165, 1.54) is 0 Å². The van der Waals surface area contributed by atoms with Crippen molar-refractivity contribution >= 4 is 22.0 Å². The molecule has 0 unspecified atom stereocenters. The standard InChI is InChI=1S/C10H9Br/c1-2-3-5-9-6-4-7-10(11)8-9/h2-8H,1H2/b5-3+/i5D. The summed E-state index contributed by atoms with van der Waals surface area (Å²) in [7, 11) is 0. The average Bonchev–Trinajstić information content (AvgIpc) is 2.05. The normalized spacial score (nSPS) is 12.5. The van der Waals surface area contributed by atoms with Crippen LogP contribution in [0, 0.1) is 0 Å². The van der Waals surface area contributed by atoms with E-state index in [4.69, 9.17) is 1.37 Å². The van der Waals surface area contributed by atoms with Crippen molar-refractivity contribution in [2.24, 2.45) is 0 Å². The maximum Gasteiger partial charge on any atom is 0.0629 e. The number of hydrogen-bond acceptors (Lipinski definition) is 0. The van der Waals surface area contributed by atoms with Crippen molar-refractivity contribution in [3.8, 4) is 0 Å². The SMILES string of the molecule is [2H]/C(=C\C=C)c1cccc(Br)c1. The summed E-state index contributed by atoms with van der Waals surface area (Å²) in [5.41, 5.74) is 0.893. The minimum atomic E-state index is 0.478. The van der Waals surface area contributed by atoms with Crippen molar-refractivity contribution in [1.29, 1.82) is 0 Å². The van der Waals surface area contributed by atoms with Gasteiger partial charge < -0.3 is 0 Å². The molecule has 1 aromatic carbocycles. The summed E-state index contributed by atoms with van der Waals surface area (Å²) in [6.45, 7) is 3.54. The molecular formula is C10H9Br. The lowest BCUT2D eigenvalue weighted by Crippen LogP contribution is -1.69. The molecule has 0 atom stereocenters.